The molecule has 0 aliphatic rings. The first-order valence-electron chi connectivity index (χ1n) is 10.7. The third kappa shape index (κ3) is 5.80. The Morgan fingerprint density at radius 3 is 2.49 bits per heavy atom. The molecule has 1 amide bonds. The highest BCUT2D eigenvalue weighted by Gasteiger charge is 2.23. The predicted molar refractivity (Wildman–Crippen MR) is 137 cm³/mol. The number of aromatic nitrogens is 1. The molecule has 0 aliphatic carbocycles. The number of hydrogen-bond acceptors (Lipinski definition) is 6. The number of carbonyl (C=O) groups is 1. The fourth-order valence-corrected chi connectivity index (χ4v) is 6.14. The van der Waals surface area contributed by atoms with Crippen molar-refractivity contribution in [2.45, 2.75) is 24.3 Å². The van der Waals surface area contributed by atoms with E-state index in [-0.39, 0.29) is 35.9 Å². The van der Waals surface area contributed by atoms with Crippen molar-refractivity contribution in [2.75, 3.05) is 17.8 Å². The highest BCUT2D eigenvalue weighted by atomic mass is 35.5. The van der Waals surface area contributed by atoms with Crippen molar-refractivity contribution in [3.8, 4) is 5.75 Å². The number of halogens is 2. The first-order valence-corrected chi connectivity index (χ1v) is 13.6. The molecule has 0 saturated carbocycles. The Kier molecular flexibility index (Phi) is 7.69. The summed E-state index contributed by atoms with van der Waals surface area (Å²) in [6.07, 6.45) is 0.104. The lowest BCUT2D eigenvalue weighted by molar-refractivity contribution is -0.118. The van der Waals surface area contributed by atoms with Gasteiger partial charge in [-0.3, -0.25) is 9.69 Å². The van der Waals surface area contributed by atoms with E-state index in [2.05, 4.69) is 4.98 Å². The van der Waals surface area contributed by atoms with Crippen molar-refractivity contribution in [1.82, 2.24) is 4.98 Å². The molecular weight excluding hydrogens is 511 g/mol. The molecule has 0 radical (unpaired) electrons. The molecule has 1 aromatic heterocycles. The maximum atomic E-state index is 13.3. The van der Waals surface area contributed by atoms with Crippen LogP contribution >= 0.6 is 22.9 Å². The Morgan fingerprint density at radius 1 is 1.09 bits per heavy atom. The third-order valence-corrected chi connectivity index (χ3v) is 8.71. The van der Waals surface area contributed by atoms with Crippen LogP contribution in [0.15, 0.2) is 71.6 Å². The van der Waals surface area contributed by atoms with Crippen molar-refractivity contribution in [1.29, 1.82) is 0 Å². The summed E-state index contributed by atoms with van der Waals surface area (Å²) in [5.74, 6) is -0.465. The van der Waals surface area contributed by atoms with Gasteiger partial charge in [0.2, 0.25) is 5.91 Å². The summed E-state index contributed by atoms with van der Waals surface area (Å²) in [5.41, 5.74) is 1.46. The number of anilines is 1. The topological polar surface area (TPSA) is 76.6 Å². The van der Waals surface area contributed by atoms with E-state index < -0.39 is 15.7 Å². The molecule has 3 aromatic carbocycles. The highest BCUT2D eigenvalue weighted by molar-refractivity contribution is 7.91. The molecule has 0 bridgehead atoms. The van der Waals surface area contributed by atoms with Crippen LogP contribution in [0, 0.1) is 5.82 Å². The molecule has 182 valence electrons. The second-order valence-electron chi connectivity index (χ2n) is 7.77. The summed E-state index contributed by atoms with van der Waals surface area (Å²) in [6, 6.07) is 17.6. The van der Waals surface area contributed by atoms with E-state index in [0.717, 1.165) is 17.7 Å². The fourth-order valence-electron chi connectivity index (χ4n) is 3.56. The van der Waals surface area contributed by atoms with Crippen molar-refractivity contribution >= 4 is 54.0 Å². The lowest BCUT2D eigenvalue weighted by atomic mass is 10.2. The molecule has 0 N–H and O–H groups in total. The quantitative estimate of drug-likeness (QED) is 0.251. The first kappa shape index (κ1) is 25.1. The lowest BCUT2D eigenvalue weighted by Crippen LogP contribution is -2.30. The monoisotopic (exact) mass is 532 g/mol. The van der Waals surface area contributed by atoms with E-state index in [4.69, 9.17) is 16.3 Å². The minimum atomic E-state index is -3.64. The summed E-state index contributed by atoms with van der Waals surface area (Å²) >= 11 is 7.64. The zero-order valence-corrected chi connectivity index (χ0v) is 21.2. The standard InChI is InChI=1S/C25H22ClFN2O4S2/c1-33-21-14-13-20(26)24-23(21)28-25(34-24)29(16-17-6-3-2-4-7-17)22(30)8-5-15-35(31,32)19-11-9-18(27)10-12-19/h2-4,6-7,9-14H,5,8,15-16H2,1H3. The number of sulfone groups is 1. The number of thiazole rings is 1. The fraction of sp³-hybridized carbons (Fsp3) is 0.200. The molecule has 10 heteroatoms. The molecule has 35 heavy (non-hydrogen) atoms. The molecule has 6 nitrogen and oxygen atoms in total. The smallest absolute Gasteiger partial charge is 0.229 e. The number of methoxy groups -OCH3 is 1. The zero-order chi connectivity index (χ0) is 25.0. The van der Waals surface area contributed by atoms with Crippen LogP contribution in [0.3, 0.4) is 0 Å². The Labute approximate surface area is 211 Å². The number of hydrogen-bond donors (Lipinski definition) is 0. The normalized spacial score (nSPS) is 11.5. The minimum absolute atomic E-state index is 0.00590. The first-order chi connectivity index (χ1) is 16.8. The van der Waals surface area contributed by atoms with Gasteiger partial charge in [-0.15, -0.1) is 0 Å². The summed E-state index contributed by atoms with van der Waals surface area (Å²) in [4.78, 5) is 19.5. The molecule has 0 spiro atoms. The number of rotatable bonds is 9. The van der Waals surface area contributed by atoms with Crippen LogP contribution in [0.25, 0.3) is 10.2 Å². The summed E-state index contributed by atoms with van der Waals surface area (Å²) < 4.78 is 44.4. The van der Waals surface area contributed by atoms with Gasteiger partial charge < -0.3 is 4.74 Å². The second kappa shape index (κ2) is 10.7. The maximum absolute atomic E-state index is 13.3. The van der Waals surface area contributed by atoms with E-state index in [0.29, 0.717) is 26.1 Å². The van der Waals surface area contributed by atoms with E-state index in [1.54, 1.807) is 17.0 Å². The maximum Gasteiger partial charge on any atom is 0.229 e. The van der Waals surface area contributed by atoms with E-state index in [1.165, 1.54) is 30.6 Å². The highest BCUT2D eigenvalue weighted by Crippen LogP contribution is 2.39. The molecule has 4 rings (SSSR count). The van der Waals surface area contributed by atoms with Crippen LogP contribution in [0.1, 0.15) is 18.4 Å². The van der Waals surface area contributed by atoms with Gasteiger partial charge >= 0.3 is 0 Å². The van der Waals surface area contributed by atoms with Crippen LogP contribution in [0.2, 0.25) is 5.02 Å². The van der Waals surface area contributed by atoms with Gasteiger partial charge in [-0.25, -0.2) is 17.8 Å². The van der Waals surface area contributed by atoms with Crippen molar-refractivity contribution in [3.63, 3.8) is 0 Å². The Morgan fingerprint density at radius 2 is 1.80 bits per heavy atom. The average molecular weight is 533 g/mol. The zero-order valence-electron chi connectivity index (χ0n) is 18.8. The number of benzene rings is 3. The molecule has 1 heterocycles. The van der Waals surface area contributed by atoms with Crippen LogP contribution in [0.5, 0.6) is 5.75 Å². The van der Waals surface area contributed by atoms with Gasteiger partial charge in [0.1, 0.15) is 17.1 Å². The Hall–Kier alpha value is -3.01. The Balaban J connectivity index is 1.57. The Bertz CT molecular complexity index is 1440. The van der Waals surface area contributed by atoms with Gasteiger partial charge in [0.25, 0.3) is 0 Å². The number of nitrogens with zero attached hydrogens (tertiary/aromatic N) is 2. The second-order valence-corrected chi connectivity index (χ2v) is 11.3. The molecule has 0 fully saturated rings. The summed E-state index contributed by atoms with van der Waals surface area (Å²) in [5, 5.41) is 0.948. The van der Waals surface area contributed by atoms with Crippen LogP contribution in [-0.2, 0) is 21.2 Å². The lowest BCUT2D eigenvalue weighted by Gasteiger charge is -2.20. The van der Waals surface area contributed by atoms with Gasteiger partial charge in [-0.1, -0.05) is 53.3 Å². The van der Waals surface area contributed by atoms with E-state index in [9.17, 15) is 17.6 Å². The van der Waals surface area contributed by atoms with Gasteiger partial charge in [-0.2, -0.15) is 0 Å². The molecule has 0 atom stereocenters. The van der Waals surface area contributed by atoms with Gasteiger partial charge in [0.05, 0.1) is 34.0 Å². The average Bonchev–Trinajstić information content (AvgIpc) is 3.30. The van der Waals surface area contributed by atoms with Crippen LogP contribution < -0.4 is 9.64 Å². The van der Waals surface area contributed by atoms with E-state index in [1.807, 2.05) is 30.3 Å². The number of carbonyl (C=O) groups excluding carboxylic acids is 1. The van der Waals surface area contributed by atoms with Gasteiger partial charge in [0, 0.05) is 6.42 Å². The SMILES string of the molecule is COc1ccc(Cl)c2sc(N(Cc3ccccc3)C(=O)CCCS(=O)(=O)c3ccc(F)cc3)nc12. The van der Waals surface area contributed by atoms with Crippen LogP contribution in [-0.4, -0.2) is 32.2 Å². The third-order valence-electron chi connectivity index (χ3n) is 5.36. The van der Waals surface area contributed by atoms with Crippen molar-refractivity contribution < 1.29 is 22.3 Å². The minimum Gasteiger partial charge on any atom is -0.494 e. The van der Waals surface area contributed by atoms with E-state index >= 15 is 0 Å². The molecule has 0 unspecified atom stereocenters. The summed E-state index contributed by atoms with van der Waals surface area (Å²) in [7, 11) is -2.10. The van der Waals surface area contributed by atoms with Crippen LogP contribution in [0.4, 0.5) is 9.52 Å². The van der Waals surface area contributed by atoms with Gasteiger partial charge in [-0.05, 0) is 48.4 Å². The predicted octanol–water partition coefficient (Wildman–Crippen LogP) is 5.88. The molecule has 0 aliphatic heterocycles. The number of fused-ring (bicyclic) bond motifs is 1. The molecule has 4 aromatic rings. The number of ether oxygens (including phenoxy) is 1. The van der Waals surface area contributed by atoms with Crippen molar-refractivity contribution in [2.24, 2.45) is 0 Å². The van der Waals surface area contributed by atoms with Gasteiger partial charge in [0.15, 0.2) is 15.0 Å². The largest absolute Gasteiger partial charge is 0.494 e. The molecular formula is C25H22ClFN2O4S2. The van der Waals surface area contributed by atoms with Crippen molar-refractivity contribution in [3.05, 3.63) is 83.1 Å². The summed E-state index contributed by atoms with van der Waals surface area (Å²) in [6.45, 7) is 0.268. The molecule has 0 saturated heterocycles. The number of amides is 1.